The normalized spacial score (nSPS) is 10.5. The second-order valence-corrected chi connectivity index (χ2v) is 7.72. The van der Waals surface area contributed by atoms with E-state index in [0.29, 0.717) is 35.4 Å². The third kappa shape index (κ3) is 5.55. The van der Waals surface area contributed by atoms with Crippen molar-refractivity contribution in [2.75, 3.05) is 12.4 Å². The second-order valence-electron chi connectivity index (χ2n) is 7.72. The molecule has 4 nitrogen and oxygen atoms in total. The molecule has 1 amide bonds. The Labute approximate surface area is 193 Å². The molecule has 0 heterocycles. The first-order chi connectivity index (χ1) is 16.1. The van der Waals surface area contributed by atoms with Crippen LogP contribution in [0.4, 0.5) is 5.69 Å². The Bertz CT molecular complexity index is 1230. The van der Waals surface area contributed by atoms with E-state index in [9.17, 15) is 9.59 Å². The zero-order valence-corrected chi connectivity index (χ0v) is 18.5. The molecule has 0 saturated carbocycles. The topological polar surface area (TPSA) is 55.4 Å². The summed E-state index contributed by atoms with van der Waals surface area (Å²) in [5.74, 6) is 0.236. The number of carbonyl (C=O) groups is 2. The van der Waals surface area contributed by atoms with Gasteiger partial charge in [0.2, 0.25) is 0 Å². The lowest BCUT2D eigenvalue weighted by Crippen LogP contribution is -2.13. The Morgan fingerprint density at radius 3 is 2.06 bits per heavy atom. The molecule has 0 fully saturated rings. The molecule has 0 spiro atoms. The average Bonchev–Trinajstić information content (AvgIpc) is 2.88. The van der Waals surface area contributed by atoms with E-state index in [0.717, 1.165) is 16.7 Å². The highest BCUT2D eigenvalue weighted by molar-refractivity contribution is 6.06. The van der Waals surface area contributed by atoms with Gasteiger partial charge in [-0.05, 0) is 53.4 Å². The van der Waals surface area contributed by atoms with Crippen molar-refractivity contribution in [3.8, 4) is 16.9 Å². The van der Waals surface area contributed by atoms with Crippen molar-refractivity contribution in [1.29, 1.82) is 0 Å². The van der Waals surface area contributed by atoms with E-state index >= 15 is 0 Å². The van der Waals surface area contributed by atoms with Gasteiger partial charge in [0.1, 0.15) is 5.75 Å². The van der Waals surface area contributed by atoms with Gasteiger partial charge in [-0.1, -0.05) is 72.8 Å². The van der Waals surface area contributed by atoms with Gasteiger partial charge >= 0.3 is 0 Å². The van der Waals surface area contributed by atoms with E-state index < -0.39 is 0 Å². The van der Waals surface area contributed by atoms with Crippen LogP contribution >= 0.6 is 0 Å². The Hall–Kier alpha value is -4.18. The molecule has 4 aromatic rings. The zero-order valence-electron chi connectivity index (χ0n) is 18.5. The number of carbonyl (C=O) groups excluding carboxylic acids is 2. The molecule has 0 bridgehead atoms. The molecule has 0 aliphatic heterocycles. The summed E-state index contributed by atoms with van der Waals surface area (Å²) in [6.07, 6.45) is 1.01. The van der Waals surface area contributed by atoms with Gasteiger partial charge in [0, 0.05) is 17.7 Å². The number of amides is 1. The van der Waals surface area contributed by atoms with Crippen molar-refractivity contribution in [3.05, 3.63) is 120 Å². The lowest BCUT2D eigenvalue weighted by Gasteiger charge is -2.12. The van der Waals surface area contributed by atoms with Gasteiger partial charge in [-0.3, -0.25) is 9.59 Å². The van der Waals surface area contributed by atoms with E-state index in [2.05, 4.69) is 5.32 Å². The van der Waals surface area contributed by atoms with Crippen LogP contribution in [0.2, 0.25) is 0 Å². The van der Waals surface area contributed by atoms with Crippen molar-refractivity contribution in [1.82, 2.24) is 0 Å². The number of aryl methyl sites for hydroxylation is 1. The minimum Gasteiger partial charge on any atom is -0.496 e. The van der Waals surface area contributed by atoms with Gasteiger partial charge < -0.3 is 10.1 Å². The maximum Gasteiger partial charge on any atom is 0.255 e. The highest BCUT2D eigenvalue weighted by atomic mass is 16.5. The first kappa shape index (κ1) is 22.0. The van der Waals surface area contributed by atoms with Gasteiger partial charge in [0.25, 0.3) is 5.91 Å². The van der Waals surface area contributed by atoms with Crippen LogP contribution in [-0.4, -0.2) is 18.8 Å². The molecule has 0 unspecified atom stereocenters. The lowest BCUT2D eigenvalue weighted by molar-refractivity contribution is 0.0977. The molecular formula is C29H25NO3. The van der Waals surface area contributed by atoms with E-state index in [1.165, 1.54) is 7.11 Å². The summed E-state index contributed by atoms with van der Waals surface area (Å²) in [4.78, 5) is 25.7. The number of Topliss-reactive ketones (excluding diaryl/α,β-unsaturated/α-hetero) is 1. The summed E-state index contributed by atoms with van der Waals surface area (Å²) in [5, 5.41) is 2.89. The number of nitrogens with one attached hydrogen (secondary N) is 1. The summed E-state index contributed by atoms with van der Waals surface area (Å²) >= 11 is 0. The van der Waals surface area contributed by atoms with Crippen LogP contribution in [0, 0.1) is 0 Å². The van der Waals surface area contributed by atoms with Gasteiger partial charge in [0.05, 0.1) is 12.7 Å². The van der Waals surface area contributed by atoms with Crippen molar-refractivity contribution in [3.63, 3.8) is 0 Å². The van der Waals surface area contributed by atoms with Crippen LogP contribution in [-0.2, 0) is 6.42 Å². The minimum atomic E-state index is -0.234. The van der Waals surface area contributed by atoms with Crippen LogP contribution < -0.4 is 10.1 Å². The Morgan fingerprint density at radius 1 is 0.758 bits per heavy atom. The average molecular weight is 436 g/mol. The largest absolute Gasteiger partial charge is 0.496 e. The standard InChI is InChI=1S/C29H25NO3/c1-33-28-19-17-25(20-26(28)27(31)18-12-21-8-4-2-5-9-21)30-29(32)24-15-13-23(14-16-24)22-10-6-3-7-11-22/h2-11,13-17,19-20H,12,18H2,1H3,(H,30,32). The summed E-state index contributed by atoms with van der Waals surface area (Å²) in [7, 11) is 1.54. The molecule has 4 heteroatoms. The highest BCUT2D eigenvalue weighted by Gasteiger charge is 2.15. The van der Waals surface area contributed by atoms with Gasteiger partial charge in [-0.25, -0.2) is 0 Å². The summed E-state index contributed by atoms with van der Waals surface area (Å²) in [6.45, 7) is 0. The second kappa shape index (κ2) is 10.4. The SMILES string of the molecule is COc1ccc(NC(=O)c2ccc(-c3ccccc3)cc2)cc1C(=O)CCc1ccccc1. The fourth-order valence-corrected chi connectivity index (χ4v) is 3.69. The molecule has 164 valence electrons. The predicted octanol–water partition coefficient (Wildman–Crippen LogP) is 6.43. The van der Waals surface area contributed by atoms with Crippen LogP contribution in [0.25, 0.3) is 11.1 Å². The molecule has 33 heavy (non-hydrogen) atoms. The molecule has 0 radical (unpaired) electrons. The van der Waals surface area contributed by atoms with E-state index in [1.807, 2.05) is 72.8 Å². The molecular weight excluding hydrogens is 410 g/mol. The van der Waals surface area contributed by atoms with Crippen LogP contribution in [0.15, 0.2) is 103 Å². The van der Waals surface area contributed by atoms with Crippen LogP contribution in [0.5, 0.6) is 5.75 Å². The van der Waals surface area contributed by atoms with Crippen LogP contribution in [0.1, 0.15) is 32.7 Å². The van der Waals surface area contributed by atoms with E-state index in [4.69, 9.17) is 4.74 Å². The quantitative estimate of drug-likeness (QED) is 0.325. The Balaban J connectivity index is 1.46. The predicted molar refractivity (Wildman–Crippen MR) is 132 cm³/mol. The summed E-state index contributed by atoms with van der Waals surface area (Å²) < 4.78 is 5.38. The molecule has 0 atom stereocenters. The van der Waals surface area contributed by atoms with Crippen molar-refractivity contribution >= 4 is 17.4 Å². The third-order valence-electron chi connectivity index (χ3n) is 5.50. The zero-order chi connectivity index (χ0) is 23.0. The van der Waals surface area contributed by atoms with E-state index in [-0.39, 0.29) is 11.7 Å². The number of methoxy groups -OCH3 is 1. The summed E-state index contributed by atoms with van der Waals surface area (Å²) in [6, 6.07) is 32.5. The number of benzene rings is 4. The minimum absolute atomic E-state index is 0.0287. The van der Waals surface area contributed by atoms with Crippen molar-refractivity contribution in [2.45, 2.75) is 12.8 Å². The number of anilines is 1. The number of hydrogen-bond acceptors (Lipinski definition) is 3. The van der Waals surface area contributed by atoms with E-state index in [1.54, 1.807) is 30.3 Å². The first-order valence-corrected chi connectivity index (χ1v) is 10.9. The first-order valence-electron chi connectivity index (χ1n) is 10.9. The molecule has 4 aromatic carbocycles. The molecule has 0 aromatic heterocycles. The monoisotopic (exact) mass is 435 g/mol. The third-order valence-corrected chi connectivity index (χ3v) is 5.50. The fraction of sp³-hybridized carbons (Fsp3) is 0.103. The number of ketones is 1. The number of hydrogen-bond donors (Lipinski definition) is 1. The number of ether oxygens (including phenoxy) is 1. The number of rotatable bonds is 8. The molecule has 4 rings (SSSR count). The molecule has 1 N–H and O–H groups in total. The van der Waals surface area contributed by atoms with Crippen molar-refractivity contribution in [2.24, 2.45) is 0 Å². The molecule has 0 aliphatic rings. The van der Waals surface area contributed by atoms with Crippen LogP contribution in [0.3, 0.4) is 0 Å². The fourth-order valence-electron chi connectivity index (χ4n) is 3.69. The maximum atomic E-state index is 12.9. The molecule has 0 saturated heterocycles. The summed E-state index contributed by atoms with van der Waals surface area (Å²) in [5.41, 5.74) is 4.80. The maximum absolute atomic E-state index is 12.9. The van der Waals surface area contributed by atoms with Crippen molar-refractivity contribution < 1.29 is 14.3 Å². The van der Waals surface area contributed by atoms with Gasteiger partial charge in [-0.2, -0.15) is 0 Å². The Morgan fingerprint density at radius 2 is 1.39 bits per heavy atom. The Kier molecular flexibility index (Phi) is 6.96. The highest BCUT2D eigenvalue weighted by Crippen LogP contribution is 2.25. The lowest BCUT2D eigenvalue weighted by atomic mass is 10.0. The smallest absolute Gasteiger partial charge is 0.255 e. The van der Waals surface area contributed by atoms with Gasteiger partial charge in [-0.15, -0.1) is 0 Å². The van der Waals surface area contributed by atoms with Gasteiger partial charge in [0.15, 0.2) is 5.78 Å². The molecule has 0 aliphatic carbocycles.